The number of aromatic nitrogens is 3. The average molecular weight is 469 g/mol. The van der Waals surface area contributed by atoms with Crippen molar-refractivity contribution in [2.24, 2.45) is 0 Å². The molecule has 2 heterocycles. The first-order chi connectivity index (χ1) is 15.2. The van der Waals surface area contributed by atoms with E-state index < -0.39 is 15.3 Å². The molecule has 1 amide bonds. The van der Waals surface area contributed by atoms with E-state index in [-0.39, 0.29) is 16.8 Å². The summed E-state index contributed by atoms with van der Waals surface area (Å²) in [7, 11) is -3.87. The van der Waals surface area contributed by atoms with Gasteiger partial charge in [-0.15, -0.1) is 0 Å². The molecule has 1 atom stereocenters. The maximum Gasteiger partial charge on any atom is 0.264 e. The summed E-state index contributed by atoms with van der Waals surface area (Å²) in [5, 5.41) is 11.9. The second-order valence-corrected chi connectivity index (χ2v) is 9.83. The second-order valence-electron chi connectivity index (χ2n) is 6.82. The molecule has 0 bridgehead atoms. The summed E-state index contributed by atoms with van der Waals surface area (Å²) >= 11 is 1.18. The first-order valence-electron chi connectivity index (χ1n) is 9.46. The summed E-state index contributed by atoms with van der Waals surface area (Å²) in [6.45, 7) is 5.24. The average Bonchev–Trinajstić information content (AvgIpc) is 2.74. The highest BCUT2D eigenvalue weighted by Gasteiger charge is 2.19. The zero-order valence-corrected chi connectivity index (χ0v) is 19.2. The zero-order valence-electron chi connectivity index (χ0n) is 17.5. The quantitative estimate of drug-likeness (QED) is 0.504. The summed E-state index contributed by atoms with van der Waals surface area (Å²) in [6.07, 6.45) is 1.46. The Morgan fingerprint density at radius 1 is 1.06 bits per heavy atom. The van der Waals surface area contributed by atoms with E-state index in [2.05, 4.69) is 31.1 Å². The van der Waals surface area contributed by atoms with Crippen LogP contribution in [0.15, 0.2) is 58.6 Å². The number of pyridine rings is 1. The van der Waals surface area contributed by atoms with Crippen molar-refractivity contribution >= 4 is 39.3 Å². The minimum Gasteiger partial charge on any atom is -0.325 e. The van der Waals surface area contributed by atoms with Crippen LogP contribution in [0.1, 0.15) is 23.9 Å². The molecule has 2 N–H and O–H groups in total. The number of sulfonamides is 1. The lowest BCUT2D eigenvalue weighted by atomic mass is 10.3. The Balaban J connectivity index is 1.67. The first kappa shape index (κ1) is 23.2. The van der Waals surface area contributed by atoms with Gasteiger partial charge in [0, 0.05) is 23.3 Å². The molecule has 3 aromatic rings. The third-order valence-corrected chi connectivity index (χ3v) is 6.68. The van der Waals surface area contributed by atoms with Crippen molar-refractivity contribution < 1.29 is 13.2 Å². The SMILES string of the molecule is Cc1ccnc(NS(=O)(=O)c2ccc(NC(=O)C(C)Sc3nc(C)ccc3C#N)cc2)n1. The van der Waals surface area contributed by atoms with Gasteiger partial charge in [0.15, 0.2) is 0 Å². The summed E-state index contributed by atoms with van der Waals surface area (Å²) in [5.41, 5.74) is 2.22. The number of thioether (sulfide) groups is 1. The van der Waals surface area contributed by atoms with Crippen LogP contribution in [0.5, 0.6) is 0 Å². The molecule has 0 saturated carbocycles. The molecular weight excluding hydrogens is 448 g/mol. The Kier molecular flexibility index (Phi) is 7.07. The molecule has 0 saturated heterocycles. The number of amides is 1. The van der Waals surface area contributed by atoms with Crippen LogP contribution in [0.25, 0.3) is 0 Å². The van der Waals surface area contributed by atoms with E-state index in [4.69, 9.17) is 0 Å². The number of benzene rings is 1. The van der Waals surface area contributed by atoms with Crippen molar-refractivity contribution in [1.82, 2.24) is 15.0 Å². The Morgan fingerprint density at radius 3 is 2.41 bits per heavy atom. The molecule has 0 radical (unpaired) electrons. The molecule has 9 nitrogen and oxygen atoms in total. The van der Waals surface area contributed by atoms with Crippen molar-refractivity contribution in [3.8, 4) is 6.07 Å². The minimum atomic E-state index is -3.87. The molecule has 3 rings (SSSR count). The highest BCUT2D eigenvalue weighted by molar-refractivity contribution is 8.00. The summed E-state index contributed by atoms with van der Waals surface area (Å²) in [4.78, 5) is 24.8. The van der Waals surface area contributed by atoms with Gasteiger partial charge in [0.2, 0.25) is 11.9 Å². The molecule has 164 valence electrons. The van der Waals surface area contributed by atoms with Crippen LogP contribution in [-0.2, 0) is 14.8 Å². The smallest absolute Gasteiger partial charge is 0.264 e. The number of hydrogen-bond acceptors (Lipinski definition) is 8. The lowest BCUT2D eigenvalue weighted by Gasteiger charge is -2.13. The van der Waals surface area contributed by atoms with Crippen LogP contribution in [-0.4, -0.2) is 34.5 Å². The molecule has 0 fully saturated rings. The number of carbonyl (C=O) groups excluding carboxylic acids is 1. The number of nitrogens with one attached hydrogen (secondary N) is 2. The van der Waals surface area contributed by atoms with E-state index >= 15 is 0 Å². The van der Waals surface area contributed by atoms with E-state index in [0.29, 0.717) is 22.0 Å². The molecule has 1 aromatic carbocycles. The molecule has 32 heavy (non-hydrogen) atoms. The van der Waals surface area contributed by atoms with Crippen LogP contribution >= 0.6 is 11.8 Å². The summed E-state index contributed by atoms with van der Waals surface area (Å²) in [6, 6.07) is 12.9. The number of rotatable bonds is 7. The summed E-state index contributed by atoms with van der Waals surface area (Å²) < 4.78 is 27.4. The Bertz CT molecular complexity index is 1290. The Hall–Kier alpha value is -3.49. The lowest BCUT2D eigenvalue weighted by molar-refractivity contribution is -0.115. The number of hydrogen-bond donors (Lipinski definition) is 2. The van der Waals surface area contributed by atoms with Crippen LogP contribution in [0, 0.1) is 25.2 Å². The summed E-state index contributed by atoms with van der Waals surface area (Å²) in [5.74, 6) is -0.321. The first-order valence-corrected chi connectivity index (χ1v) is 11.8. The zero-order chi connectivity index (χ0) is 23.3. The van der Waals surface area contributed by atoms with Crippen LogP contribution < -0.4 is 10.0 Å². The van der Waals surface area contributed by atoms with Crippen LogP contribution in [0.2, 0.25) is 0 Å². The molecule has 0 spiro atoms. The number of nitriles is 1. The molecule has 11 heteroatoms. The van der Waals surface area contributed by atoms with Gasteiger partial charge in [-0.25, -0.2) is 28.1 Å². The molecule has 0 aliphatic heterocycles. The van der Waals surface area contributed by atoms with Gasteiger partial charge >= 0.3 is 0 Å². The Morgan fingerprint density at radius 2 is 1.75 bits per heavy atom. The number of anilines is 2. The van der Waals surface area contributed by atoms with Gasteiger partial charge in [-0.2, -0.15) is 5.26 Å². The van der Waals surface area contributed by atoms with E-state index in [1.54, 1.807) is 32.0 Å². The minimum absolute atomic E-state index is 0.00523. The van der Waals surface area contributed by atoms with Crippen molar-refractivity contribution in [3.63, 3.8) is 0 Å². The van der Waals surface area contributed by atoms with Gasteiger partial charge in [-0.1, -0.05) is 11.8 Å². The van der Waals surface area contributed by atoms with Crippen molar-refractivity contribution in [1.29, 1.82) is 5.26 Å². The van der Waals surface area contributed by atoms with Crippen molar-refractivity contribution in [2.75, 3.05) is 10.0 Å². The maximum absolute atomic E-state index is 12.6. The van der Waals surface area contributed by atoms with E-state index in [0.717, 1.165) is 5.69 Å². The van der Waals surface area contributed by atoms with E-state index in [9.17, 15) is 18.5 Å². The van der Waals surface area contributed by atoms with Crippen molar-refractivity contribution in [3.05, 3.63) is 65.6 Å². The fraction of sp³-hybridized carbons (Fsp3) is 0.190. The van der Waals surface area contributed by atoms with Crippen LogP contribution in [0.4, 0.5) is 11.6 Å². The third-order valence-electron chi connectivity index (χ3n) is 4.23. The van der Waals surface area contributed by atoms with Gasteiger partial charge in [0.05, 0.1) is 15.7 Å². The number of carbonyl (C=O) groups is 1. The maximum atomic E-state index is 12.6. The van der Waals surface area contributed by atoms with E-state index in [1.807, 2.05) is 6.92 Å². The van der Waals surface area contributed by atoms with Gasteiger partial charge in [-0.05, 0) is 63.2 Å². The predicted molar refractivity (Wildman–Crippen MR) is 122 cm³/mol. The van der Waals surface area contributed by atoms with Gasteiger partial charge < -0.3 is 5.32 Å². The fourth-order valence-electron chi connectivity index (χ4n) is 2.57. The highest BCUT2D eigenvalue weighted by Crippen LogP contribution is 2.26. The third kappa shape index (κ3) is 5.81. The van der Waals surface area contributed by atoms with Crippen LogP contribution in [0.3, 0.4) is 0 Å². The van der Waals surface area contributed by atoms with Gasteiger partial charge in [0.1, 0.15) is 11.1 Å². The lowest BCUT2D eigenvalue weighted by Crippen LogP contribution is -2.22. The normalized spacial score (nSPS) is 11.9. The highest BCUT2D eigenvalue weighted by atomic mass is 32.2. The predicted octanol–water partition coefficient (Wildman–Crippen LogP) is 3.28. The molecule has 0 aliphatic carbocycles. The fourth-order valence-corrected chi connectivity index (χ4v) is 4.46. The molecule has 1 unspecified atom stereocenters. The van der Waals surface area contributed by atoms with E-state index in [1.165, 1.54) is 42.2 Å². The molecule has 0 aliphatic rings. The van der Waals surface area contributed by atoms with Gasteiger partial charge in [0.25, 0.3) is 10.0 Å². The Labute approximate surface area is 190 Å². The largest absolute Gasteiger partial charge is 0.325 e. The van der Waals surface area contributed by atoms with Crippen molar-refractivity contribution in [2.45, 2.75) is 35.9 Å². The topological polar surface area (TPSA) is 138 Å². The number of nitrogens with zero attached hydrogens (tertiary/aromatic N) is 4. The molecular formula is C21H20N6O3S2. The molecule has 2 aromatic heterocycles. The monoisotopic (exact) mass is 468 g/mol. The standard InChI is InChI=1S/C21H20N6O3S2/c1-13-4-5-16(12-22)20(24-13)31-15(3)19(28)26-17-6-8-18(9-7-17)32(29,30)27-21-23-11-10-14(2)25-21/h4-11,15H,1-3H3,(H,26,28)(H,23,25,27). The van der Waals surface area contributed by atoms with Gasteiger partial charge in [-0.3, -0.25) is 4.79 Å². The second kappa shape index (κ2) is 9.76. The number of aryl methyl sites for hydroxylation is 2.